The molecule has 4 nitrogen and oxygen atoms in total. The maximum atomic E-state index is 11.3. The average molecular weight is 253 g/mol. The molecule has 0 aliphatic rings. The SMILES string of the molecule is CCOC(=O)Cc1cc(Cl)c(CN)cc1C#N. The van der Waals surface area contributed by atoms with Crippen molar-refractivity contribution in [2.45, 2.75) is 19.9 Å². The Morgan fingerprint density at radius 1 is 1.53 bits per heavy atom. The molecule has 1 aromatic carbocycles. The molecule has 0 atom stereocenters. The summed E-state index contributed by atoms with van der Waals surface area (Å²) in [4.78, 5) is 11.3. The fraction of sp³-hybridized carbons (Fsp3) is 0.333. The maximum Gasteiger partial charge on any atom is 0.310 e. The van der Waals surface area contributed by atoms with Crippen LogP contribution in [0.1, 0.15) is 23.6 Å². The highest BCUT2D eigenvalue weighted by Gasteiger charge is 2.12. The first-order valence-corrected chi connectivity index (χ1v) is 5.57. The first-order valence-electron chi connectivity index (χ1n) is 5.19. The minimum absolute atomic E-state index is 0.0430. The highest BCUT2D eigenvalue weighted by Crippen LogP contribution is 2.21. The second kappa shape index (κ2) is 6.24. The summed E-state index contributed by atoms with van der Waals surface area (Å²) in [6.07, 6.45) is 0.0430. The highest BCUT2D eigenvalue weighted by atomic mass is 35.5. The molecule has 2 N–H and O–H groups in total. The van der Waals surface area contributed by atoms with Gasteiger partial charge in [-0.3, -0.25) is 4.79 Å². The first kappa shape index (κ1) is 13.5. The Bertz CT molecular complexity index is 466. The fourth-order valence-electron chi connectivity index (χ4n) is 1.43. The number of rotatable bonds is 4. The topological polar surface area (TPSA) is 76.1 Å². The van der Waals surface area contributed by atoms with Crippen molar-refractivity contribution in [3.63, 3.8) is 0 Å². The van der Waals surface area contributed by atoms with Gasteiger partial charge in [-0.1, -0.05) is 11.6 Å². The molecule has 0 amide bonds. The van der Waals surface area contributed by atoms with Crippen molar-refractivity contribution in [2.24, 2.45) is 5.73 Å². The van der Waals surface area contributed by atoms with E-state index in [4.69, 9.17) is 27.3 Å². The van der Waals surface area contributed by atoms with Crippen molar-refractivity contribution in [3.8, 4) is 6.07 Å². The van der Waals surface area contributed by atoms with Gasteiger partial charge in [0.25, 0.3) is 0 Å². The van der Waals surface area contributed by atoms with Gasteiger partial charge in [0, 0.05) is 11.6 Å². The van der Waals surface area contributed by atoms with Crippen molar-refractivity contribution >= 4 is 17.6 Å². The molecule has 0 heterocycles. The summed E-state index contributed by atoms with van der Waals surface area (Å²) in [6.45, 7) is 2.30. The molecular formula is C12H13ClN2O2. The number of nitrogens with two attached hydrogens (primary N) is 1. The van der Waals surface area contributed by atoms with E-state index in [1.54, 1.807) is 19.1 Å². The zero-order chi connectivity index (χ0) is 12.8. The second-order valence-corrected chi connectivity index (χ2v) is 3.81. The molecule has 0 aliphatic carbocycles. The van der Waals surface area contributed by atoms with Gasteiger partial charge in [-0.05, 0) is 30.2 Å². The summed E-state index contributed by atoms with van der Waals surface area (Å²) < 4.78 is 4.83. The number of nitriles is 1. The molecule has 0 unspecified atom stereocenters. The van der Waals surface area contributed by atoms with Gasteiger partial charge in [-0.15, -0.1) is 0 Å². The van der Waals surface area contributed by atoms with Crippen molar-refractivity contribution in [3.05, 3.63) is 33.8 Å². The van der Waals surface area contributed by atoms with E-state index in [1.165, 1.54) is 0 Å². The zero-order valence-corrected chi connectivity index (χ0v) is 10.3. The summed E-state index contributed by atoms with van der Waals surface area (Å²) in [5.74, 6) is -0.374. The van der Waals surface area contributed by atoms with Gasteiger partial charge in [-0.2, -0.15) is 5.26 Å². The fourth-order valence-corrected chi connectivity index (χ4v) is 1.70. The summed E-state index contributed by atoms with van der Waals surface area (Å²) in [5, 5.41) is 9.45. The van der Waals surface area contributed by atoms with Gasteiger partial charge in [0.05, 0.1) is 24.7 Å². The van der Waals surface area contributed by atoms with E-state index in [-0.39, 0.29) is 18.9 Å². The van der Waals surface area contributed by atoms with Crippen molar-refractivity contribution in [1.82, 2.24) is 0 Å². The van der Waals surface area contributed by atoms with E-state index in [0.717, 1.165) is 0 Å². The smallest absolute Gasteiger partial charge is 0.310 e. The molecule has 5 heteroatoms. The summed E-state index contributed by atoms with van der Waals surface area (Å²) in [6, 6.07) is 5.23. The van der Waals surface area contributed by atoms with Crippen molar-refractivity contribution < 1.29 is 9.53 Å². The number of ether oxygens (including phenoxy) is 1. The molecule has 1 aromatic rings. The van der Waals surface area contributed by atoms with Gasteiger partial charge >= 0.3 is 5.97 Å². The number of carbonyl (C=O) groups excluding carboxylic acids is 1. The standard InChI is InChI=1S/C12H13ClN2O2/c1-2-17-12(16)5-8-4-11(13)10(7-15)3-9(8)6-14/h3-4H,2,5,7,15H2,1H3. The van der Waals surface area contributed by atoms with Crippen LogP contribution < -0.4 is 5.73 Å². The molecule has 0 fully saturated rings. The van der Waals surface area contributed by atoms with E-state index < -0.39 is 0 Å². The average Bonchev–Trinajstić information content (AvgIpc) is 2.29. The minimum atomic E-state index is -0.374. The lowest BCUT2D eigenvalue weighted by atomic mass is 10.0. The molecule has 0 bridgehead atoms. The van der Waals surface area contributed by atoms with Crippen LogP contribution in [0.5, 0.6) is 0 Å². The predicted molar refractivity (Wildman–Crippen MR) is 64.4 cm³/mol. The van der Waals surface area contributed by atoms with E-state index in [0.29, 0.717) is 28.3 Å². The Hall–Kier alpha value is -1.57. The number of hydrogen-bond donors (Lipinski definition) is 1. The van der Waals surface area contributed by atoms with Crippen LogP contribution in [-0.2, 0) is 22.5 Å². The van der Waals surface area contributed by atoms with Crippen LogP contribution in [0, 0.1) is 11.3 Å². The Labute approximate surface area is 105 Å². The molecule has 0 aromatic heterocycles. The molecule has 90 valence electrons. The number of nitrogens with zero attached hydrogens (tertiary/aromatic N) is 1. The van der Waals surface area contributed by atoms with E-state index >= 15 is 0 Å². The van der Waals surface area contributed by atoms with Crippen LogP contribution in [0.3, 0.4) is 0 Å². The summed E-state index contributed by atoms with van der Waals surface area (Å²) in [7, 11) is 0. The number of carbonyl (C=O) groups is 1. The minimum Gasteiger partial charge on any atom is -0.466 e. The van der Waals surface area contributed by atoms with E-state index in [1.807, 2.05) is 6.07 Å². The third kappa shape index (κ3) is 3.45. The quantitative estimate of drug-likeness (QED) is 0.829. The van der Waals surface area contributed by atoms with Crippen molar-refractivity contribution in [1.29, 1.82) is 5.26 Å². The lowest BCUT2D eigenvalue weighted by Crippen LogP contribution is -2.09. The third-order valence-corrected chi connectivity index (χ3v) is 2.60. The number of benzene rings is 1. The Balaban J connectivity index is 3.03. The van der Waals surface area contributed by atoms with Gasteiger partial charge < -0.3 is 10.5 Å². The summed E-state index contributed by atoms with van der Waals surface area (Å²) >= 11 is 5.98. The molecule has 0 saturated heterocycles. The molecule has 17 heavy (non-hydrogen) atoms. The Morgan fingerprint density at radius 3 is 2.76 bits per heavy atom. The van der Waals surface area contributed by atoms with Gasteiger partial charge in [-0.25, -0.2) is 0 Å². The molecule has 0 saturated carbocycles. The molecule has 0 spiro atoms. The van der Waals surface area contributed by atoms with Crippen LogP contribution in [-0.4, -0.2) is 12.6 Å². The zero-order valence-electron chi connectivity index (χ0n) is 9.50. The summed E-state index contributed by atoms with van der Waals surface area (Å²) in [5.41, 5.74) is 7.15. The van der Waals surface area contributed by atoms with Crippen LogP contribution in [0.2, 0.25) is 5.02 Å². The second-order valence-electron chi connectivity index (χ2n) is 3.40. The van der Waals surface area contributed by atoms with Crippen LogP contribution in [0.25, 0.3) is 0 Å². The molecule has 1 rings (SSSR count). The number of halogens is 1. The number of hydrogen-bond acceptors (Lipinski definition) is 4. The third-order valence-electron chi connectivity index (χ3n) is 2.25. The van der Waals surface area contributed by atoms with E-state index in [9.17, 15) is 4.79 Å². The van der Waals surface area contributed by atoms with Crippen molar-refractivity contribution in [2.75, 3.05) is 6.61 Å². The lowest BCUT2D eigenvalue weighted by Gasteiger charge is -2.08. The van der Waals surface area contributed by atoms with E-state index in [2.05, 4.69) is 0 Å². The van der Waals surface area contributed by atoms with Gasteiger partial charge in [0.15, 0.2) is 0 Å². The normalized spacial score (nSPS) is 9.76. The maximum absolute atomic E-state index is 11.3. The lowest BCUT2D eigenvalue weighted by molar-refractivity contribution is -0.142. The van der Waals surface area contributed by atoms with Crippen LogP contribution >= 0.6 is 11.6 Å². The van der Waals surface area contributed by atoms with Crippen LogP contribution in [0.15, 0.2) is 12.1 Å². The number of esters is 1. The monoisotopic (exact) mass is 252 g/mol. The molecule has 0 radical (unpaired) electrons. The molecular weight excluding hydrogens is 240 g/mol. The molecule has 0 aliphatic heterocycles. The first-order chi connectivity index (χ1) is 8.12. The van der Waals surface area contributed by atoms with Crippen LogP contribution in [0.4, 0.5) is 0 Å². The predicted octanol–water partition coefficient (Wildman–Crippen LogP) is 1.78. The highest BCUT2D eigenvalue weighted by molar-refractivity contribution is 6.31. The van der Waals surface area contributed by atoms with Gasteiger partial charge in [0.2, 0.25) is 0 Å². The van der Waals surface area contributed by atoms with Gasteiger partial charge in [0.1, 0.15) is 0 Å². The Kier molecular flexibility index (Phi) is 4.95. The largest absolute Gasteiger partial charge is 0.466 e. The Morgan fingerprint density at radius 2 is 2.24 bits per heavy atom.